The third-order valence-electron chi connectivity index (χ3n) is 2.42. The minimum Gasteiger partial charge on any atom is -0.334 e. The highest BCUT2D eigenvalue weighted by atomic mass is 35.5. The number of benzene rings is 1. The molecule has 1 aromatic carbocycles. The summed E-state index contributed by atoms with van der Waals surface area (Å²) in [6.45, 7) is 0. The van der Waals surface area contributed by atoms with Gasteiger partial charge in [-0.2, -0.15) is 16.3 Å². The van der Waals surface area contributed by atoms with Crippen molar-refractivity contribution in [3.63, 3.8) is 0 Å². The second-order valence-electron chi connectivity index (χ2n) is 3.77. The Balaban J connectivity index is 1.66. The van der Waals surface area contributed by atoms with Crippen molar-refractivity contribution in [1.82, 2.24) is 10.1 Å². The minimum atomic E-state index is 0.577. The van der Waals surface area contributed by atoms with Gasteiger partial charge in [-0.3, -0.25) is 0 Å². The number of aromatic nitrogens is 2. The quantitative estimate of drug-likeness (QED) is 0.652. The van der Waals surface area contributed by atoms with E-state index >= 15 is 0 Å². The van der Waals surface area contributed by atoms with Gasteiger partial charge in [0.25, 0.3) is 5.89 Å². The smallest absolute Gasteiger partial charge is 0.258 e. The van der Waals surface area contributed by atoms with Crippen LogP contribution in [0, 0.1) is 0 Å². The van der Waals surface area contributed by atoms with Crippen LogP contribution in [0.2, 0.25) is 5.02 Å². The average Bonchev–Trinajstić information content (AvgIpc) is 3.09. The zero-order valence-electron chi connectivity index (χ0n) is 9.75. The van der Waals surface area contributed by atoms with Gasteiger partial charge in [0.2, 0.25) is 0 Å². The van der Waals surface area contributed by atoms with Gasteiger partial charge in [0.15, 0.2) is 5.82 Å². The van der Waals surface area contributed by atoms with Gasteiger partial charge in [0.05, 0.1) is 11.3 Å². The molecule has 6 heteroatoms. The monoisotopic (exact) mass is 308 g/mol. The molecule has 0 aliphatic rings. The van der Waals surface area contributed by atoms with Crippen molar-refractivity contribution in [2.24, 2.45) is 0 Å². The maximum Gasteiger partial charge on any atom is 0.258 e. The molecule has 0 amide bonds. The molecule has 96 valence electrons. The Kier molecular flexibility index (Phi) is 3.87. The molecule has 0 N–H and O–H groups in total. The summed E-state index contributed by atoms with van der Waals surface area (Å²) in [7, 11) is 0. The van der Waals surface area contributed by atoms with Crippen molar-refractivity contribution >= 4 is 34.7 Å². The molecular weight excluding hydrogens is 300 g/mol. The first kappa shape index (κ1) is 12.7. The highest BCUT2D eigenvalue weighted by molar-refractivity contribution is 7.98. The van der Waals surface area contributed by atoms with Crippen molar-refractivity contribution in [2.45, 2.75) is 10.6 Å². The molecule has 0 bridgehead atoms. The molecule has 0 radical (unpaired) electrons. The van der Waals surface area contributed by atoms with Gasteiger partial charge in [-0.1, -0.05) is 16.8 Å². The molecule has 0 spiro atoms. The number of thioether (sulfide) groups is 1. The van der Waals surface area contributed by atoms with Crippen LogP contribution in [-0.4, -0.2) is 10.1 Å². The van der Waals surface area contributed by atoms with Gasteiger partial charge < -0.3 is 4.52 Å². The lowest BCUT2D eigenvalue weighted by molar-refractivity contribution is 0.425. The van der Waals surface area contributed by atoms with Crippen LogP contribution in [0.4, 0.5) is 0 Å². The van der Waals surface area contributed by atoms with E-state index in [1.165, 1.54) is 0 Å². The molecule has 0 saturated heterocycles. The van der Waals surface area contributed by atoms with Crippen molar-refractivity contribution in [3.05, 3.63) is 51.9 Å². The number of hydrogen-bond acceptors (Lipinski definition) is 5. The predicted molar refractivity (Wildman–Crippen MR) is 78.6 cm³/mol. The summed E-state index contributed by atoms with van der Waals surface area (Å²) >= 11 is 9.10. The second kappa shape index (κ2) is 5.77. The SMILES string of the molecule is Clc1ccc(SCc2noc(-c3ccsc3)n2)cc1. The molecule has 0 saturated carbocycles. The molecule has 0 unspecified atom stereocenters. The fourth-order valence-corrected chi connectivity index (χ4v) is 2.99. The molecule has 0 aliphatic heterocycles. The van der Waals surface area contributed by atoms with E-state index in [4.69, 9.17) is 16.1 Å². The summed E-state index contributed by atoms with van der Waals surface area (Å²) in [5.41, 5.74) is 0.972. The molecule has 3 aromatic rings. The molecule has 0 fully saturated rings. The number of halogens is 1. The molecule has 19 heavy (non-hydrogen) atoms. The Morgan fingerprint density at radius 2 is 2.05 bits per heavy atom. The Hall–Kier alpha value is -1.30. The number of thiophene rings is 1. The third kappa shape index (κ3) is 3.18. The van der Waals surface area contributed by atoms with E-state index in [0.717, 1.165) is 15.5 Å². The highest BCUT2D eigenvalue weighted by Gasteiger charge is 2.09. The molecule has 0 atom stereocenters. The van der Waals surface area contributed by atoms with Gasteiger partial charge in [0.1, 0.15) is 0 Å². The van der Waals surface area contributed by atoms with E-state index < -0.39 is 0 Å². The molecular formula is C13H9ClN2OS2. The minimum absolute atomic E-state index is 0.577. The van der Waals surface area contributed by atoms with Crippen LogP contribution in [0.25, 0.3) is 11.5 Å². The standard InChI is InChI=1S/C13H9ClN2OS2/c14-10-1-3-11(4-2-10)19-8-12-15-13(17-16-12)9-5-6-18-7-9/h1-7H,8H2. The van der Waals surface area contributed by atoms with Gasteiger partial charge in [0, 0.05) is 15.3 Å². The lowest BCUT2D eigenvalue weighted by Crippen LogP contribution is -1.83. The van der Waals surface area contributed by atoms with Crippen LogP contribution >= 0.6 is 34.7 Å². The summed E-state index contributed by atoms with van der Waals surface area (Å²) in [6.07, 6.45) is 0. The number of nitrogens with zero attached hydrogens (tertiary/aromatic N) is 2. The van der Waals surface area contributed by atoms with E-state index in [0.29, 0.717) is 17.5 Å². The maximum atomic E-state index is 5.84. The Labute approximate surface area is 123 Å². The van der Waals surface area contributed by atoms with Crippen molar-refractivity contribution in [2.75, 3.05) is 0 Å². The summed E-state index contributed by atoms with van der Waals surface area (Å²) in [4.78, 5) is 5.50. The Bertz CT molecular complexity index is 650. The second-order valence-corrected chi connectivity index (χ2v) is 6.04. The first-order valence-corrected chi connectivity index (χ1v) is 7.85. The van der Waals surface area contributed by atoms with E-state index in [1.807, 2.05) is 41.1 Å². The van der Waals surface area contributed by atoms with Gasteiger partial charge >= 0.3 is 0 Å². The predicted octanol–water partition coefficient (Wildman–Crippen LogP) is 4.74. The molecule has 0 aliphatic carbocycles. The van der Waals surface area contributed by atoms with Crippen LogP contribution < -0.4 is 0 Å². The fourth-order valence-electron chi connectivity index (χ4n) is 1.49. The van der Waals surface area contributed by atoms with Crippen LogP contribution in [0.5, 0.6) is 0 Å². The van der Waals surface area contributed by atoms with Gasteiger partial charge in [-0.25, -0.2) is 0 Å². The highest BCUT2D eigenvalue weighted by Crippen LogP contribution is 2.25. The largest absolute Gasteiger partial charge is 0.334 e. The Morgan fingerprint density at radius 3 is 2.79 bits per heavy atom. The van der Waals surface area contributed by atoms with Crippen LogP contribution in [-0.2, 0) is 5.75 Å². The van der Waals surface area contributed by atoms with Crippen LogP contribution in [0.1, 0.15) is 5.82 Å². The third-order valence-corrected chi connectivity index (χ3v) is 4.36. The zero-order chi connectivity index (χ0) is 13.1. The first-order valence-electron chi connectivity index (χ1n) is 5.55. The molecule has 2 aromatic heterocycles. The van der Waals surface area contributed by atoms with Crippen molar-refractivity contribution in [3.8, 4) is 11.5 Å². The summed E-state index contributed by atoms with van der Waals surface area (Å²) < 4.78 is 5.23. The summed E-state index contributed by atoms with van der Waals surface area (Å²) in [5, 5.41) is 8.69. The molecule has 2 heterocycles. The normalized spacial score (nSPS) is 10.8. The van der Waals surface area contributed by atoms with E-state index in [-0.39, 0.29) is 0 Å². The van der Waals surface area contributed by atoms with Crippen LogP contribution in [0.15, 0.2) is 50.5 Å². The maximum absolute atomic E-state index is 5.84. The lowest BCUT2D eigenvalue weighted by Gasteiger charge is -1.97. The topological polar surface area (TPSA) is 38.9 Å². The number of rotatable bonds is 4. The summed E-state index contributed by atoms with van der Waals surface area (Å²) in [6, 6.07) is 9.67. The first-order chi connectivity index (χ1) is 9.31. The van der Waals surface area contributed by atoms with E-state index in [2.05, 4.69) is 10.1 Å². The molecule has 3 rings (SSSR count). The average molecular weight is 309 g/mol. The summed E-state index contributed by atoms with van der Waals surface area (Å²) in [5.74, 6) is 1.95. The Morgan fingerprint density at radius 1 is 1.21 bits per heavy atom. The fraction of sp³-hybridized carbons (Fsp3) is 0.0769. The van der Waals surface area contributed by atoms with E-state index in [1.54, 1.807) is 23.1 Å². The van der Waals surface area contributed by atoms with Crippen LogP contribution in [0.3, 0.4) is 0 Å². The molecule has 3 nitrogen and oxygen atoms in total. The van der Waals surface area contributed by atoms with Gasteiger partial charge in [-0.05, 0) is 35.7 Å². The lowest BCUT2D eigenvalue weighted by atomic mass is 10.3. The number of hydrogen-bond donors (Lipinski definition) is 0. The van der Waals surface area contributed by atoms with Gasteiger partial charge in [-0.15, -0.1) is 11.8 Å². The zero-order valence-corrected chi connectivity index (χ0v) is 12.1. The van der Waals surface area contributed by atoms with Crippen molar-refractivity contribution in [1.29, 1.82) is 0 Å². The van der Waals surface area contributed by atoms with Crippen molar-refractivity contribution < 1.29 is 4.52 Å². The van der Waals surface area contributed by atoms with E-state index in [9.17, 15) is 0 Å².